The van der Waals surface area contributed by atoms with Crippen molar-refractivity contribution < 1.29 is 9.47 Å². The Bertz CT molecular complexity index is 213. The molecule has 1 rings (SSSR count). The number of rotatable bonds is 4. The number of hydrogen-bond acceptors (Lipinski definition) is 3. The second kappa shape index (κ2) is 4.72. The SMILES string of the molecule is CCOc1[c]ccnc1COC. The Morgan fingerprint density at radius 2 is 2.42 bits per heavy atom. The molecule has 65 valence electrons. The Balaban J connectivity index is 2.77. The molecule has 0 bridgehead atoms. The van der Waals surface area contributed by atoms with E-state index in [9.17, 15) is 0 Å². The van der Waals surface area contributed by atoms with Gasteiger partial charge in [-0.2, -0.15) is 0 Å². The van der Waals surface area contributed by atoms with E-state index in [1.165, 1.54) is 0 Å². The van der Waals surface area contributed by atoms with E-state index < -0.39 is 0 Å². The van der Waals surface area contributed by atoms with Gasteiger partial charge >= 0.3 is 0 Å². The second-order valence-corrected chi connectivity index (χ2v) is 2.23. The predicted molar refractivity (Wildman–Crippen MR) is 45.0 cm³/mol. The van der Waals surface area contributed by atoms with Gasteiger partial charge in [-0.15, -0.1) is 0 Å². The van der Waals surface area contributed by atoms with Crippen molar-refractivity contribution in [3.63, 3.8) is 0 Å². The van der Waals surface area contributed by atoms with Gasteiger partial charge in [0, 0.05) is 19.4 Å². The summed E-state index contributed by atoms with van der Waals surface area (Å²) in [6.45, 7) is 3.02. The van der Waals surface area contributed by atoms with E-state index in [1.54, 1.807) is 19.4 Å². The Kier molecular flexibility index (Phi) is 3.54. The molecule has 0 unspecified atom stereocenters. The first-order valence-electron chi connectivity index (χ1n) is 3.85. The van der Waals surface area contributed by atoms with Gasteiger partial charge in [0.15, 0.2) is 5.75 Å². The lowest BCUT2D eigenvalue weighted by molar-refractivity contribution is 0.176. The van der Waals surface area contributed by atoms with Gasteiger partial charge in [-0.1, -0.05) is 0 Å². The summed E-state index contributed by atoms with van der Waals surface area (Å²) in [5.74, 6) is 0.682. The second-order valence-electron chi connectivity index (χ2n) is 2.23. The summed E-state index contributed by atoms with van der Waals surface area (Å²) in [6.07, 6.45) is 1.68. The highest BCUT2D eigenvalue weighted by Crippen LogP contribution is 2.14. The molecule has 1 radical (unpaired) electrons. The molecule has 3 heteroatoms. The number of hydrogen-bond donors (Lipinski definition) is 0. The third-order valence-corrected chi connectivity index (χ3v) is 1.35. The van der Waals surface area contributed by atoms with Crippen molar-refractivity contribution in [3.8, 4) is 5.75 Å². The maximum absolute atomic E-state index is 5.29. The summed E-state index contributed by atoms with van der Waals surface area (Å²) in [5, 5.41) is 0. The van der Waals surface area contributed by atoms with Gasteiger partial charge in [0.05, 0.1) is 13.2 Å². The summed E-state index contributed by atoms with van der Waals surface area (Å²) >= 11 is 0. The molecular formula is C9H12NO2. The molecule has 0 aliphatic carbocycles. The number of nitrogens with zero attached hydrogens (tertiary/aromatic N) is 1. The lowest BCUT2D eigenvalue weighted by Gasteiger charge is -2.06. The molecule has 3 nitrogen and oxygen atoms in total. The van der Waals surface area contributed by atoms with Gasteiger partial charge in [0.1, 0.15) is 5.69 Å². The maximum atomic E-state index is 5.29. The standard InChI is InChI=1S/C9H12NO2/c1-3-12-9-5-4-6-10-8(9)7-11-2/h4,6H,3,7H2,1-2H3. The van der Waals surface area contributed by atoms with Crippen LogP contribution in [0, 0.1) is 6.07 Å². The lowest BCUT2D eigenvalue weighted by Crippen LogP contribution is -1.99. The van der Waals surface area contributed by atoms with Gasteiger partial charge in [-0.05, 0) is 13.0 Å². The molecule has 1 heterocycles. The van der Waals surface area contributed by atoms with Crippen molar-refractivity contribution in [1.29, 1.82) is 0 Å². The van der Waals surface area contributed by atoms with Crippen LogP contribution in [-0.2, 0) is 11.3 Å². The number of pyridine rings is 1. The highest BCUT2D eigenvalue weighted by molar-refractivity contribution is 5.24. The van der Waals surface area contributed by atoms with E-state index >= 15 is 0 Å². The van der Waals surface area contributed by atoms with Crippen LogP contribution in [-0.4, -0.2) is 18.7 Å². The van der Waals surface area contributed by atoms with E-state index in [4.69, 9.17) is 9.47 Å². The minimum absolute atomic E-state index is 0.465. The minimum Gasteiger partial charge on any atom is -0.491 e. The van der Waals surface area contributed by atoms with Crippen molar-refractivity contribution in [2.24, 2.45) is 0 Å². The first-order valence-corrected chi connectivity index (χ1v) is 3.85. The van der Waals surface area contributed by atoms with Crippen molar-refractivity contribution in [1.82, 2.24) is 4.98 Å². The van der Waals surface area contributed by atoms with Gasteiger partial charge in [0.2, 0.25) is 0 Å². The topological polar surface area (TPSA) is 31.4 Å². The first kappa shape index (κ1) is 9.00. The fourth-order valence-electron chi connectivity index (χ4n) is 0.891. The van der Waals surface area contributed by atoms with Crippen molar-refractivity contribution in [3.05, 3.63) is 24.0 Å². The van der Waals surface area contributed by atoms with Crippen LogP contribution in [0.2, 0.25) is 0 Å². The normalized spacial score (nSPS) is 9.83. The third kappa shape index (κ3) is 2.20. The fourth-order valence-corrected chi connectivity index (χ4v) is 0.891. The molecule has 0 atom stereocenters. The van der Waals surface area contributed by atoms with Gasteiger partial charge in [0.25, 0.3) is 0 Å². The molecule has 0 saturated carbocycles. The molecule has 0 saturated heterocycles. The average Bonchev–Trinajstić information content (AvgIpc) is 2.09. The highest BCUT2D eigenvalue weighted by atomic mass is 16.5. The zero-order valence-corrected chi connectivity index (χ0v) is 7.33. The Labute approximate surface area is 72.3 Å². The molecule has 0 aliphatic heterocycles. The molecule has 1 aromatic rings. The van der Waals surface area contributed by atoms with Crippen molar-refractivity contribution in [2.75, 3.05) is 13.7 Å². The van der Waals surface area contributed by atoms with E-state index in [0.717, 1.165) is 5.69 Å². The molecule has 1 aromatic heterocycles. The van der Waals surface area contributed by atoms with E-state index in [2.05, 4.69) is 11.1 Å². The Hall–Kier alpha value is -1.09. The number of methoxy groups -OCH3 is 1. The number of aromatic nitrogens is 1. The highest BCUT2D eigenvalue weighted by Gasteiger charge is 2.02. The summed E-state index contributed by atoms with van der Waals surface area (Å²) in [4.78, 5) is 4.11. The zero-order chi connectivity index (χ0) is 8.81. The van der Waals surface area contributed by atoms with Gasteiger partial charge in [-0.25, -0.2) is 0 Å². The minimum atomic E-state index is 0.465. The summed E-state index contributed by atoms with van der Waals surface area (Å²) in [6, 6.07) is 4.68. The van der Waals surface area contributed by atoms with Crippen molar-refractivity contribution in [2.45, 2.75) is 13.5 Å². The van der Waals surface area contributed by atoms with Crippen LogP contribution in [0.5, 0.6) is 5.75 Å². The third-order valence-electron chi connectivity index (χ3n) is 1.35. The first-order chi connectivity index (χ1) is 5.88. The van der Waals surface area contributed by atoms with Crippen LogP contribution in [0.3, 0.4) is 0 Å². The average molecular weight is 166 g/mol. The molecule has 0 aliphatic rings. The van der Waals surface area contributed by atoms with Gasteiger partial charge in [-0.3, -0.25) is 4.98 Å². The Morgan fingerprint density at radius 1 is 1.58 bits per heavy atom. The monoisotopic (exact) mass is 166 g/mol. The molecule has 12 heavy (non-hydrogen) atoms. The summed E-state index contributed by atoms with van der Waals surface area (Å²) in [5.41, 5.74) is 0.793. The van der Waals surface area contributed by atoms with E-state index in [1.807, 2.05) is 6.92 Å². The van der Waals surface area contributed by atoms with Gasteiger partial charge < -0.3 is 9.47 Å². The lowest BCUT2D eigenvalue weighted by atomic mass is 10.3. The molecule has 0 fully saturated rings. The van der Waals surface area contributed by atoms with Crippen LogP contribution in [0.15, 0.2) is 12.3 Å². The summed E-state index contributed by atoms with van der Waals surface area (Å²) in [7, 11) is 1.63. The zero-order valence-electron chi connectivity index (χ0n) is 7.33. The fraction of sp³-hybridized carbons (Fsp3) is 0.444. The molecule has 0 amide bonds. The van der Waals surface area contributed by atoms with E-state index in [-0.39, 0.29) is 0 Å². The smallest absolute Gasteiger partial charge is 0.151 e. The van der Waals surface area contributed by atoms with Crippen molar-refractivity contribution >= 4 is 0 Å². The maximum Gasteiger partial charge on any atom is 0.151 e. The molecule has 0 aromatic carbocycles. The quantitative estimate of drug-likeness (QED) is 0.678. The van der Waals surface area contributed by atoms with Crippen LogP contribution in [0.25, 0.3) is 0 Å². The van der Waals surface area contributed by atoms with E-state index in [0.29, 0.717) is 19.0 Å². The number of ether oxygens (including phenoxy) is 2. The molecule has 0 spiro atoms. The van der Waals surface area contributed by atoms with Crippen LogP contribution < -0.4 is 4.74 Å². The summed E-state index contributed by atoms with van der Waals surface area (Å²) < 4.78 is 10.2. The largest absolute Gasteiger partial charge is 0.491 e. The Morgan fingerprint density at radius 3 is 3.08 bits per heavy atom. The predicted octanol–water partition coefficient (Wildman–Crippen LogP) is 1.43. The van der Waals surface area contributed by atoms with Crippen LogP contribution >= 0.6 is 0 Å². The van der Waals surface area contributed by atoms with Crippen LogP contribution in [0.1, 0.15) is 12.6 Å². The molecular weight excluding hydrogens is 154 g/mol. The van der Waals surface area contributed by atoms with Crippen LogP contribution in [0.4, 0.5) is 0 Å². The molecule has 0 N–H and O–H groups in total.